The molecule has 2 aromatic rings. The van der Waals surface area contributed by atoms with Gasteiger partial charge in [-0.05, 0) is 23.1 Å². The van der Waals surface area contributed by atoms with Gasteiger partial charge in [-0.1, -0.05) is 61.5 Å². The number of carboxylic acid groups (broad SMARTS) is 1. The third-order valence-corrected chi connectivity index (χ3v) is 3.60. The fraction of sp³-hybridized carbons (Fsp3) is 0.211. The lowest BCUT2D eigenvalue weighted by atomic mass is 9.95. The van der Waals surface area contributed by atoms with Gasteiger partial charge in [-0.15, -0.1) is 0 Å². The van der Waals surface area contributed by atoms with Gasteiger partial charge in [-0.2, -0.15) is 0 Å². The van der Waals surface area contributed by atoms with E-state index < -0.39 is 11.9 Å². The Bertz CT molecular complexity index is 680. The quantitative estimate of drug-likeness (QED) is 0.825. The first-order valence-electron chi connectivity index (χ1n) is 7.20. The van der Waals surface area contributed by atoms with Crippen molar-refractivity contribution >= 4 is 11.9 Å². The Kier molecular flexibility index (Phi) is 5.29. The third kappa shape index (κ3) is 4.18. The zero-order valence-electron chi connectivity index (χ0n) is 12.5. The van der Waals surface area contributed by atoms with Crippen LogP contribution in [0.15, 0.2) is 60.2 Å². The summed E-state index contributed by atoms with van der Waals surface area (Å²) in [6.07, 6.45) is 0.676. The van der Waals surface area contributed by atoms with Gasteiger partial charge in [-0.25, -0.2) is 4.79 Å². The lowest BCUT2D eigenvalue weighted by molar-refractivity contribution is -0.141. The average Bonchev–Trinajstić information content (AvgIpc) is 2.55. The maximum atomic E-state index is 11.0. The standard InChI is InChI=1S/C19H18O3/c1-14(19(21)22)11-16(13-20)12-15-7-9-18(10-8-15)17-5-3-2-4-6-17/h2-10,14H,11-12H2,1H3,(H,21,22)/t14-/m1/s1. The second kappa shape index (κ2) is 7.39. The number of aliphatic carboxylic acids is 1. The zero-order valence-corrected chi connectivity index (χ0v) is 12.5. The summed E-state index contributed by atoms with van der Waals surface area (Å²) in [5, 5.41) is 8.91. The molecule has 0 amide bonds. The molecule has 0 saturated heterocycles. The summed E-state index contributed by atoms with van der Waals surface area (Å²) in [6, 6.07) is 18.0. The first-order valence-corrected chi connectivity index (χ1v) is 7.20. The predicted octanol–water partition coefficient (Wildman–Crippen LogP) is 3.76. The fourth-order valence-corrected chi connectivity index (χ4v) is 2.30. The van der Waals surface area contributed by atoms with Crippen LogP contribution in [0.3, 0.4) is 0 Å². The monoisotopic (exact) mass is 294 g/mol. The van der Waals surface area contributed by atoms with Crippen molar-refractivity contribution in [3.8, 4) is 11.1 Å². The number of carbonyl (C=O) groups is 1. The van der Waals surface area contributed by atoms with E-state index in [1.807, 2.05) is 60.5 Å². The number of hydrogen-bond acceptors (Lipinski definition) is 2. The van der Waals surface area contributed by atoms with Crippen LogP contribution in [0.5, 0.6) is 0 Å². The van der Waals surface area contributed by atoms with Gasteiger partial charge in [0.1, 0.15) is 5.94 Å². The van der Waals surface area contributed by atoms with Crippen LogP contribution < -0.4 is 0 Å². The fourth-order valence-electron chi connectivity index (χ4n) is 2.30. The minimum absolute atomic E-state index is 0.235. The molecule has 1 atom stereocenters. The smallest absolute Gasteiger partial charge is 0.306 e. The first-order chi connectivity index (χ1) is 10.6. The molecule has 22 heavy (non-hydrogen) atoms. The molecule has 3 heteroatoms. The Morgan fingerprint density at radius 1 is 1.05 bits per heavy atom. The van der Waals surface area contributed by atoms with Crippen LogP contribution in [0, 0.1) is 5.92 Å². The molecule has 0 radical (unpaired) electrons. The van der Waals surface area contributed by atoms with Crippen molar-refractivity contribution in [2.75, 3.05) is 0 Å². The molecule has 3 nitrogen and oxygen atoms in total. The normalized spacial score (nSPS) is 11.5. The minimum atomic E-state index is -0.896. The van der Waals surface area contributed by atoms with Crippen molar-refractivity contribution < 1.29 is 14.7 Å². The van der Waals surface area contributed by atoms with Gasteiger partial charge < -0.3 is 5.11 Å². The molecule has 0 fully saturated rings. The van der Waals surface area contributed by atoms with Crippen LogP contribution in [0.1, 0.15) is 18.9 Å². The molecule has 0 unspecified atom stereocenters. The van der Waals surface area contributed by atoms with Gasteiger partial charge >= 0.3 is 5.97 Å². The predicted molar refractivity (Wildman–Crippen MR) is 86.2 cm³/mol. The van der Waals surface area contributed by atoms with Gasteiger partial charge in [-0.3, -0.25) is 4.79 Å². The molecular formula is C19H18O3. The van der Waals surface area contributed by atoms with Gasteiger partial charge in [0.25, 0.3) is 0 Å². The molecule has 0 aliphatic rings. The van der Waals surface area contributed by atoms with E-state index in [1.54, 1.807) is 6.92 Å². The van der Waals surface area contributed by atoms with Crippen LogP contribution in [0.2, 0.25) is 0 Å². The van der Waals surface area contributed by atoms with E-state index in [4.69, 9.17) is 5.11 Å². The summed E-state index contributed by atoms with van der Waals surface area (Å²) in [4.78, 5) is 21.9. The second-order valence-electron chi connectivity index (χ2n) is 5.39. The van der Waals surface area contributed by atoms with Gasteiger partial charge in [0, 0.05) is 12.0 Å². The van der Waals surface area contributed by atoms with Crippen molar-refractivity contribution in [3.63, 3.8) is 0 Å². The zero-order chi connectivity index (χ0) is 15.9. The summed E-state index contributed by atoms with van der Waals surface area (Å²) >= 11 is 0. The maximum Gasteiger partial charge on any atom is 0.306 e. The molecule has 0 spiro atoms. The SMILES string of the molecule is C[C@H](CC(=C=O)Cc1ccc(-c2ccccc2)cc1)C(=O)O. The molecule has 0 bridgehead atoms. The first kappa shape index (κ1) is 15.7. The molecule has 0 aliphatic heterocycles. The Balaban J connectivity index is 2.07. The number of benzene rings is 2. The van der Waals surface area contributed by atoms with Crippen LogP contribution >= 0.6 is 0 Å². The van der Waals surface area contributed by atoms with E-state index in [0.29, 0.717) is 12.0 Å². The minimum Gasteiger partial charge on any atom is -0.481 e. The Labute approximate surface area is 129 Å². The Morgan fingerprint density at radius 3 is 2.18 bits per heavy atom. The van der Waals surface area contributed by atoms with Crippen molar-refractivity contribution in [2.24, 2.45) is 5.92 Å². The van der Waals surface area contributed by atoms with Crippen LogP contribution in [0.4, 0.5) is 0 Å². The van der Waals surface area contributed by atoms with E-state index in [9.17, 15) is 9.59 Å². The van der Waals surface area contributed by atoms with Crippen LogP contribution in [-0.4, -0.2) is 17.0 Å². The lowest BCUT2D eigenvalue weighted by Crippen LogP contribution is -2.11. The Morgan fingerprint density at radius 2 is 1.64 bits per heavy atom. The number of rotatable bonds is 6. The van der Waals surface area contributed by atoms with Gasteiger partial charge in [0.05, 0.1) is 5.92 Å². The summed E-state index contributed by atoms with van der Waals surface area (Å²) in [7, 11) is 0. The highest BCUT2D eigenvalue weighted by Crippen LogP contribution is 2.21. The molecule has 2 rings (SSSR count). The number of allylic oxidation sites excluding steroid dienone is 1. The largest absolute Gasteiger partial charge is 0.481 e. The molecule has 2 aromatic carbocycles. The molecule has 1 N–H and O–H groups in total. The van der Waals surface area contributed by atoms with Crippen molar-refractivity contribution in [1.82, 2.24) is 0 Å². The van der Waals surface area contributed by atoms with E-state index in [2.05, 4.69) is 0 Å². The molecule has 0 aliphatic carbocycles. The summed E-state index contributed by atoms with van der Waals surface area (Å²) in [5.41, 5.74) is 3.72. The molecule has 0 heterocycles. The van der Waals surface area contributed by atoms with Crippen molar-refractivity contribution in [3.05, 3.63) is 65.7 Å². The van der Waals surface area contributed by atoms with Crippen molar-refractivity contribution in [2.45, 2.75) is 19.8 Å². The third-order valence-electron chi connectivity index (χ3n) is 3.60. The highest BCUT2D eigenvalue weighted by atomic mass is 16.4. The topological polar surface area (TPSA) is 54.4 Å². The van der Waals surface area contributed by atoms with Gasteiger partial charge in [0.15, 0.2) is 0 Å². The van der Waals surface area contributed by atoms with E-state index in [1.165, 1.54) is 0 Å². The summed E-state index contributed by atoms with van der Waals surface area (Å²) < 4.78 is 0. The average molecular weight is 294 g/mol. The maximum absolute atomic E-state index is 11.0. The van der Waals surface area contributed by atoms with Gasteiger partial charge in [0.2, 0.25) is 0 Å². The van der Waals surface area contributed by atoms with E-state index in [-0.39, 0.29) is 6.42 Å². The highest BCUT2D eigenvalue weighted by molar-refractivity contribution is 5.71. The lowest BCUT2D eigenvalue weighted by Gasteiger charge is -2.08. The Hall–Kier alpha value is -2.64. The van der Waals surface area contributed by atoms with E-state index in [0.717, 1.165) is 16.7 Å². The van der Waals surface area contributed by atoms with Crippen LogP contribution in [-0.2, 0) is 16.0 Å². The molecule has 112 valence electrons. The molecule has 0 aromatic heterocycles. The number of carboxylic acids is 1. The number of carbonyl (C=O) groups excluding carboxylic acids is 1. The molecule has 0 saturated carbocycles. The molecular weight excluding hydrogens is 276 g/mol. The summed E-state index contributed by atoms with van der Waals surface area (Å²) in [5.74, 6) is 0.420. The second-order valence-corrected chi connectivity index (χ2v) is 5.39. The summed E-state index contributed by atoms with van der Waals surface area (Å²) in [6.45, 7) is 1.60. The number of hydrogen-bond donors (Lipinski definition) is 1. The van der Waals surface area contributed by atoms with Crippen LogP contribution in [0.25, 0.3) is 11.1 Å². The van der Waals surface area contributed by atoms with E-state index >= 15 is 0 Å². The highest BCUT2D eigenvalue weighted by Gasteiger charge is 2.14. The van der Waals surface area contributed by atoms with Crippen molar-refractivity contribution in [1.29, 1.82) is 0 Å².